The van der Waals surface area contributed by atoms with E-state index in [1.165, 1.54) is 7.11 Å². The molecule has 0 saturated heterocycles. The Morgan fingerprint density at radius 2 is 1.84 bits per heavy atom. The molecule has 0 aliphatic heterocycles. The van der Waals surface area contributed by atoms with Gasteiger partial charge in [0.1, 0.15) is 0 Å². The number of carbonyl (C=O) groups is 2. The number of esters is 1. The maximum absolute atomic E-state index is 12.1. The number of H-pyrrole nitrogens is 1. The Balaban J connectivity index is 1.50. The minimum absolute atomic E-state index is 0.00376. The molecule has 1 amide bonds. The number of hydrogen-bond donors (Lipinski definition) is 2. The summed E-state index contributed by atoms with van der Waals surface area (Å²) in [7, 11) is 1.36. The first kappa shape index (κ1) is 16.8. The summed E-state index contributed by atoms with van der Waals surface area (Å²) in [5.41, 5.74) is 3.61. The van der Waals surface area contributed by atoms with Crippen LogP contribution in [0.4, 0.5) is 0 Å². The van der Waals surface area contributed by atoms with E-state index in [-0.39, 0.29) is 11.9 Å². The highest BCUT2D eigenvalue weighted by molar-refractivity contribution is 5.89. The second-order valence-electron chi connectivity index (χ2n) is 5.82. The van der Waals surface area contributed by atoms with E-state index in [1.807, 2.05) is 42.6 Å². The summed E-state index contributed by atoms with van der Waals surface area (Å²) in [5.74, 6) is -0.352. The fourth-order valence-corrected chi connectivity index (χ4v) is 2.78. The second kappa shape index (κ2) is 7.66. The minimum atomic E-state index is -0.349. The molecule has 0 atom stereocenters. The van der Waals surface area contributed by atoms with Crippen molar-refractivity contribution in [3.05, 3.63) is 71.4 Å². The van der Waals surface area contributed by atoms with E-state index in [4.69, 9.17) is 0 Å². The van der Waals surface area contributed by atoms with Crippen LogP contribution in [0.2, 0.25) is 0 Å². The van der Waals surface area contributed by atoms with Gasteiger partial charge in [-0.2, -0.15) is 0 Å². The van der Waals surface area contributed by atoms with Gasteiger partial charge in [-0.05, 0) is 35.7 Å². The van der Waals surface area contributed by atoms with E-state index in [2.05, 4.69) is 15.0 Å². The maximum atomic E-state index is 12.1. The zero-order chi connectivity index (χ0) is 17.6. The highest BCUT2D eigenvalue weighted by atomic mass is 16.5. The second-order valence-corrected chi connectivity index (χ2v) is 5.82. The average Bonchev–Trinajstić information content (AvgIpc) is 3.04. The number of amides is 1. The summed E-state index contributed by atoms with van der Waals surface area (Å²) in [5, 5.41) is 4.02. The van der Waals surface area contributed by atoms with Gasteiger partial charge in [0.05, 0.1) is 19.1 Å². The number of nitrogens with one attached hydrogen (secondary N) is 2. The Hall–Kier alpha value is -3.08. The first-order valence-corrected chi connectivity index (χ1v) is 8.16. The van der Waals surface area contributed by atoms with E-state index in [1.54, 1.807) is 12.1 Å². The number of para-hydroxylation sites is 1. The van der Waals surface area contributed by atoms with Crippen molar-refractivity contribution >= 4 is 22.8 Å². The third-order valence-electron chi connectivity index (χ3n) is 4.14. The quantitative estimate of drug-likeness (QED) is 0.680. The molecule has 0 spiro atoms. The SMILES string of the molecule is COC(=O)c1ccc(CCNC(=O)Cc2c[nH]c3ccccc23)cc1. The van der Waals surface area contributed by atoms with E-state index >= 15 is 0 Å². The number of aromatic nitrogens is 1. The van der Waals surface area contributed by atoms with Crippen molar-refractivity contribution in [3.8, 4) is 0 Å². The number of hydrogen-bond acceptors (Lipinski definition) is 3. The molecule has 128 valence electrons. The van der Waals surface area contributed by atoms with Gasteiger partial charge in [0.15, 0.2) is 0 Å². The zero-order valence-corrected chi connectivity index (χ0v) is 14.0. The van der Waals surface area contributed by atoms with Crippen LogP contribution in [0.15, 0.2) is 54.7 Å². The fourth-order valence-electron chi connectivity index (χ4n) is 2.78. The Morgan fingerprint density at radius 3 is 2.60 bits per heavy atom. The lowest BCUT2D eigenvalue weighted by Crippen LogP contribution is -2.27. The highest BCUT2D eigenvalue weighted by Gasteiger charge is 2.08. The van der Waals surface area contributed by atoms with Crippen LogP contribution in [0, 0.1) is 0 Å². The first-order chi connectivity index (χ1) is 12.2. The van der Waals surface area contributed by atoms with E-state index < -0.39 is 0 Å². The lowest BCUT2D eigenvalue weighted by molar-refractivity contribution is -0.120. The molecular weight excluding hydrogens is 316 g/mol. The lowest BCUT2D eigenvalue weighted by atomic mass is 10.1. The molecule has 0 saturated carbocycles. The molecule has 0 fully saturated rings. The number of rotatable bonds is 6. The zero-order valence-electron chi connectivity index (χ0n) is 14.0. The number of carbonyl (C=O) groups excluding carboxylic acids is 2. The predicted molar refractivity (Wildman–Crippen MR) is 96.5 cm³/mol. The van der Waals surface area contributed by atoms with Crippen LogP contribution in [-0.2, 0) is 22.4 Å². The number of ether oxygens (including phenoxy) is 1. The molecule has 2 N–H and O–H groups in total. The van der Waals surface area contributed by atoms with Crippen molar-refractivity contribution in [2.75, 3.05) is 13.7 Å². The molecule has 3 aromatic rings. The predicted octanol–water partition coefficient (Wildman–Crippen LogP) is 2.86. The third-order valence-corrected chi connectivity index (χ3v) is 4.14. The van der Waals surface area contributed by atoms with Gasteiger partial charge in [0.25, 0.3) is 0 Å². The van der Waals surface area contributed by atoms with Crippen molar-refractivity contribution in [1.29, 1.82) is 0 Å². The van der Waals surface area contributed by atoms with Gasteiger partial charge in [-0.3, -0.25) is 4.79 Å². The maximum Gasteiger partial charge on any atom is 0.337 e. The summed E-state index contributed by atoms with van der Waals surface area (Å²) in [6, 6.07) is 15.1. The van der Waals surface area contributed by atoms with Crippen molar-refractivity contribution in [2.24, 2.45) is 0 Å². The molecule has 25 heavy (non-hydrogen) atoms. The molecule has 0 bridgehead atoms. The highest BCUT2D eigenvalue weighted by Crippen LogP contribution is 2.17. The molecular formula is C20H20N2O3. The Morgan fingerprint density at radius 1 is 1.08 bits per heavy atom. The van der Waals surface area contributed by atoms with Gasteiger partial charge in [0.2, 0.25) is 5.91 Å². The summed E-state index contributed by atoms with van der Waals surface area (Å²) >= 11 is 0. The molecule has 2 aromatic carbocycles. The Labute approximate surface area is 146 Å². The summed E-state index contributed by atoms with van der Waals surface area (Å²) in [6.45, 7) is 0.554. The van der Waals surface area contributed by atoms with Crippen LogP contribution in [0.5, 0.6) is 0 Å². The van der Waals surface area contributed by atoms with Crippen LogP contribution in [0.1, 0.15) is 21.5 Å². The largest absolute Gasteiger partial charge is 0.465 e. The van der Waals surface area contributed by atoms with Crippen LogP contribution in [-0.4, -0.2) is 30.5 Å². The summed E-state index contributed by atoms with van der Waals surface area (Å²) in [4.78, 5) is 26.7. The number of benzene rings is 2. The van der Waals surface area contributed by atoms with Gasteiger partial charge in [-0.25, -0.2) is 4.79 Å². The summed E-state index contributed by atoms with van der Waals surface area (Å²) in [6.07, 6.45) is 2.95. The number of methoxy groups -OCH3 is 1. The van der Waals surface area contributed by atoms with Crippen LogP contribution in [0.25, 0.3) is 10.9 Å². The molecule has 5 nitrogen and oxygen atoms in total. The van der Waals surface area contributed by atoms with Gasteiger partial charge < -0.3 is 15.0 Å². The van der Waals surface area contributed by atoms with E-state index in [0.29, 0.717) is 24.9 Å². The van der Waals surface area contributed by atoms with Crippen molar-refractivity contribution in [3.63, 3.8) is 0 Å². The molecule has 0 radical (unpaired) electrons. The molecule has 0 aliphatic carbocycles. The van der Waals surface area contributed by atoms with E-state index in [9.17, 15) is 9.59 Å². The molecule has 0 unspecified atom stereocenters. The topological polar surface area (TPSA) is 71.2 Å². The molecule has 0 aliphatic rings. The van der Waals surface area contributed by atoms with Crippen molar-refractivity contribution < 1.29 is 14.3 Å². The van der Waals surface area contributed by atoms with Crippen molar-refractivity contribution in [2.45, 2.75) is 12.8 Å². The molecule has 1 heterocycles. The van der Waals surface area contributed by atoms with Crippen LogP contribution >= 0.6 is 0 Å². The Bertz CT molecular complexity index is 881. The van der Waals surface area contributed by atoms with E-state index in [0.717, 1.165) is 22.0 Å². The minimum Gasteiger partial charge on any atom is -0.465 e. The van der Waals surface area contributed by atoms with Crippen LogP contribution < -0.4 is 5.32 Å². The van der Waals surface area contributed by atoms with Crippen molar-refractivity contribution in [1.82, 2.24) is 10.3 Å². The Kier molecular flexibility index (Phi) is 5.14. The lowest BCUT2D eigenvalue weighted by Gasteiger charge is -2.06. The summed E-state index contributed by atoms with van der Waals surface area (Å²) < 4.78 is 4.67. The first-order valence-electron chi connectivity index (χ1n) is 8.16. The normalized spacial score (nSPS) is 10.6. The number of fused-ring (bicyclic) bond motifs is 1. The third kappa shape index (κ3) is 4.07. The molecule has 5 heteroatoms. The smallest absolute Gasteiger partial charge is 0.337 e. The fraction of sp³-hybridized carbons (Fsp3) is 0.200. The van der Waals surface area contributed by atoms with Gasteiger partial charge in [0, 0.05) is 23.6 Å². The standard InChI is InChI=1S/C20H20N2O3/c1-25-20(24)15-8-6-14(7-9-15)10-11-21-19(23)12-16-13-22-18-5-3-2-4-17(16)18/h2-9,13,22H,10-12H2,1H3,(H,21,23). The monoisotopic (exact) mass is 336 g/mol. The van der Waals surface area contributed by atoms with Crippen LogP contribution in [0.3, 0.4) is 0 Å². The average molecular weight is 336 g/mol. The van der Waals surface area contributed by atoms with Gasteiger partial charge in [-0.15, -0.1) is 0 Å². The molecule has 3 rings (SSSR count). The molecule has 1 aromatic heterocycles. The van der Waals surface area contributed by atoms with Gasteiger partial charge in [-0.1, -0.05) is 30.3 Å². The number of aromatic amines is 1. The van der Waals surface area contributed by atoms with Gasteiger partial charge >= 0.3 is 5.97 Å².